The molecular formula is C112H154N2O34Si2. The van der Waals surface area contributed by atoms with Gasteiger partial charge in [-0.15, -0.1) is 0 Å². The Bertz CT molecular complexity index is 5680. The highest BCUT2D eigenvalue weighted by Crippen LogP contribution is 2.68. The Morgan fingerprint density at radius 3 is 1.05 bits per heavy atom. The third-order valence-corrected chi connectivity index (χ3v) is 41.0. The number of amides is 4. The third kappa shape index (κ3) is 23.1. The van der Waals surface area contributed by atoms with E-state index in [1.165, 1.54) is 71.0 Å². The normalized spacial score (nSPS) is 29.1. The maximum Gasteiger partial charge on any atom is 0.420 e. The molecule has 38 heteroatoms. The summed E-state index contributed by atoms with van der Waals surface area (Å²) in [5.41, 5.74) is -19.5. The van der Waals surface area contributed by atoms with Crippen LogP contribution in [0.2, 0.25) is 36.3 Å². The Balaban J connectivity index is 0.000000289. The number of benzene rings is 4. The van der Waals surface area contributed by atoms with E-state index in [1.54, 1.807) is 196 Å². The molecule has 0 aromatic heterocycles. The maximum absolute atomic E-state index is 17.2. The number of hydrogen-bond acceptors (Lipinski definition) is 34. The zero-order valence-corrected chi connectivity index (χ0v) is 94.2. The highest BCUT2D eigenvalue weighted by Gasteiger charge is 2.81. The maximum atomic E-state index is 17.2. The number of nitrogens with zero attached hydrogens (tertiary/aromatic N) is 2. The Labute approximate surface area is 880 Å². The molecule has 6 fully saturated rings. The molecule has 824 valence electrons. The predicted molar refractivity (Wildman–Crippen MR) is 548 cm³/mol. The molecule has 0 spiro atoms. The number of carbonyl (C=O) groups excluding carboxylic acids is 14. The lowest BCUT2D eigenvalue weighted by atomic mass is 9.44. The van der Waals surface area contributed by atoms with E-state index in [0.29, 0.717) is 51.6 Å². The molecule has 8 aliphatic rings. The molecular weight excluding hydrogens is 1970 g/mol. The average Bonchev–Trinajstić information content (AvgIpc) is 0.680. The fourth-order valence-corrected chi connectivity index (χ4v) is 29.3. The number of Topliss-reactive ketones (excluding diaryl/α,β-unsaturated/α-hetero) is 2. The van der Waals surface area contributed by atoms with Crippen LogP contribution < -0.4 is 0 Å². The quantitative estimate of drug-likeness (QED) is 0.0177. The van der Waals surface area contributed by atoms with Gasteiger partial charge in [0.15, 0.2) is 39.4 Å². The van der Waals surface area contributed by atoms with Crippen molar-refractivity contribution in [3.63, 3.8) is 0 Å². The minimum Gasteiger partial charge on any atom is -0.455 e. The van der Waals surface area contributed by atoms with E-state index in [9.17, 15) is 63.6 Å². The van der Waals surface area contributed by atoms with Gasteiger partial charge in [-0.3, -0.25) is 28.8 Å². The second-order valence-corrected chi connectivity index (χ2v) is 55.7. The molecule has 4 amide bonds. The SMILES string of the molecule is CC(=O)O[C@@H](C(=O)O[C@H]1C[C@@]2(O)[C@@H](OC(=O)c3ccccc3)C3[C@](C)(C(=O)[C@H](O)C(=C1C)C2(C)C)[C@@H](O)C[C@H]1OC[C@@]31OC(C)=O)[C@H](c1ccccc1)N(C(=O)OC(C)(C)C)C(=O)OC(C)(C)C.CC[Si](CC)(CC)O[C@H]1C(=O)[C@@]2(C)C([C@H](OC(=O)c3ccccc3)[C@]3(O)C[C@H](OC(=O)[C@H](OC(C)=O)[C@H](c4ccccc4)N(C(=O)OC(C)(C)C)C(=O)OC(C)(C)C)C(C)=C1C3(C)C)[C@]1(OC(C)=O)CO[C@@H]1C[C@@H]2O[Si](CC)(CC)CC. The number of ketones is 2. The van der Waals surface area contributed by atoms with E-state index in [2.05, 4.69) is 20.8 Å². The molecule has 4 bridgehead atoms. The average molecular weight is 2130 g/mol. The smallest absolute Gasteiger partial charge is 0.420 e. The van der Waals surface area contributed by atoms with Gasteiger partial charge in [0.25, 0.3) is 0 Å². The molecule has 2 heterocycles. The van der Waals surface area contributed by atoms with E-state index >= 15 is 24.0 Å². The van der Waals surface area contributed by atoms with Gasteiger partial charge in [-0.2, -0.15) is 0 Å². The standard InChI is InChI=1S/C62H91NO17Si2.C50H63NO17/c1-19-81(20-2,21-3)79-44-35-45-61(37-72-45,76-40(9)65)50-52(75-53(67)42-33-29-26-30-34-42)62(71)36-43(38(7)46(59(62,16)17)48(51(66)60(44,50)18)80-82(22-4,23-5)24-6)74-54(68)49(73-39(8)64)47(41-31-27-25-28-32-41)63(55(69)77-57(10,11)12)56(70)78-58(13,14)15;1-26-31(64-42(58)37(63-27(2)52)35(29-19-15-13-16-20-29)51(43(59)67-45(4,5)6)44(60)68-46(7,8)9)24-50(61)40(65-41(57)30-21-17-14-18-22-30)38-48(12,39(56)36(55)34(26)47(50,10)11)32(54)23-33-49(38,25-62-33)66-28(3)53/h25-34,43-45,47-50,52,71H,19-24,35-37H2,1-18H3;13-22,31-33,35-38,40,54-55,61H,23-25H2,1-12H3/t43-,44-,45+,47-,48+,49+,50?,52-,60+,61-,62+;31-,32-,33+,35-,36+,37+,38?,40-,48+,49-,50+/m00/s1. The van der Waals surface area contributed by atoms with Crippen LogP contribution in [0.5, 0.6) is 0 Å². The molecule has 4 saturated carbocycles. The summed E-state index contributed by atoms with van der Waals surface area (Å²) < 4.78 is 101. The lowest BCUT2D eigenvalue weighted by Crippen LogP contribution is -2.82. The van der Waals surface area contributed by atoms with Crippen molar-refractivity contribution in [3.8, 4) is 0 Å². The van der Waals surface area contributed by atoms with Crippen LogP contribution in [0.15, 0.2) is 144 Å². The number of imide groups is 2. The third-order valence-electron chi connectivity index (χ3n) is 31.8. The number of hydrogen-bond donors (Lipinski definition) is 4. The molecule has 22 atom stereocenters. The van der Waals surface area contributed by atoms with Crippen molar-refractivity contribution < 1.29 is 163 Å². The molecule has 4 N–H and O–H groups in total. The van der Waals surface area contributed by atoms with Gasteiger partial charge in [0.1, 0.15) is 94.5 Å². The molecule has 4 aromatic carbocycles. The number of ether oxygens (including phenoxy) is 14. The number of carbonyl (C=O) groups is 14. The van der Waals surface area contributed by atoms with Crippen LogP contribution in [0.4, 0.5) is 19.2 Å². The first-order valence-electron chi connectivity index (χ1n) is 51.7. The fraction of sp³-hybridized carbons (Fsp3) is 0.625. The molecule has 2 aliphatic heterocycles. The lowest BCUT2D eigenvalue weighted by Gasteiger charge is -2.68. The highest BCUT2D eigenvalue weighted by atomic mass is 28.4. The van der Waals surface area contributed by atoms with Gasteiger partial charge >= 0.3 is 72.1 Å². The topological polar surface area (TPSA) is 474 Å². The molecule has 0 radical (unpaired) electrons. The first-order valence-corrected chi connectivity index (χ1v) is 56.8. The highest BCUT2D eigenvalue weighted by molar-refractivity contribution is 6.74. The Morgan fingerprint density at radius 1 is 0.420 bits per heavy atom. The van der Waals surface area contributed by atoms with Crippen molar-refractivity contribution in [2.24, 2.45) is 33.5 Å². The van der Waals surface area contributed by atoms with Crippen LogP contribution in [-0.2, 0) is 114 Å². The van der Waals surface area contributed by atoms with Gasteiger partial charge in [-0.05, 0) is 205 Å². The number of rotatable bonds is 28. The Kier molecular flexibility index (Phi) is 35.5. The molecule has 2 unspecified atom stereocenters. The monoisotopic (exact) mass is 2130 g/mol. The van der Waals surface area contributed by atoms with E-state index in [-0.39, 0.29) is 65.0 Å². The first kappa shape index (κ1) is 119. The van der Waals surface area contributed by atoms with Crippen molar-refractivity contribution in [1.82, 2.24) is 9.80 Å². The molecule has 2 saturated heterocycles. The largest absolute Gasteiger partial charge is 0.455 e. The van der Waals surface area contributed by atoms with Gasteiger partial charge in [0, 0.05) is 64.2 Å². The van der Waals surface area contributed by atoms with Crippen molar-refractivity contribution in [2.75, 3.05) is 13.2 Å². The number of fused-ring (bicyclic) bond motifs is 10. The summed E-state index contributed by atoms with van der Waals surface area (Å²) in [5, 5.41) is 52.8. The van der Waals surface area contributed by atoms with E-state index in [1.807, 2.05) is 20.8 Å². The Hall–Kier alpha value is -10.9. The van der Waals surface area contributed by atoms with Crippen molar-refractivity contribution in [2.45, 2.75) is 400 Å². The van der Waals surface area contributed by atoms with Crippen LogP contribution >= 0.6 is 0 Å². The van der Waals surface area contributed by atoms with Crippen molar-refractivity contribution in [1.29, 1.82) is 0 Å². The van der Waals surface area contributed by atoms with Crippen LogP contribution in [0.25, 0.3) is 0 Å². The number of aliphatic hydroxyl groups excluding tert-OH is 2. The first-order chi connectivity index (χ1) is 69.5. The molecule has 12 rings (SSSR count). The summed E-state index contributed by atoms with van der Waals surface area (Å²) in [7, 11) is -5.59. The minimum atomic E-state index is -2.92. The summed E-state index contributed by atoms with van der Waals surface area (Å²) >= 11 is 0. The molecule has 6 aliphatic carbocycles. The van der Waals surface area contributed by atoms with Crippen LogP contribution in [0, 0.1) is 33.5 Å². The van der Waals surface area contributed by atoms with Crippen LogP contribution in [0.1, 0.15) is 277 Å². The van der Waals surface area contributed by atoms with Gasteiger partial charge < -0.3 is 95.6 Å². The number of aliphatic hydroxyl groups is 4. The van der Waals surface area contributed by atoms with E-state index < -0.39 is 277 Å². The molecule has 4 aromatic rings. The van der Waals surface area contributed by atoms with E-state index in [4.69, 9.17) is 75.2 Å². The molecule has 36 nitrogen and oxygen atoms in total. The zero-order valence-electron chi connectivity index (χ0n) is 92.2. The van der Waals surface area contributed by atoms with Crippen LogP contribution in [0.3, 0.4) is 0 Å². The zero-order chi connectivity index (χ0) is 112. The summed E-state index contributed by atoms with van der Waals surface area (Å²) in [4.78, 5) is 204. The predicted octanol–water partition coefficient (Wildman–Crippen LogP) is 17.0. The summed E-state index contributed by atoms with van der Waals surface area (Å²) in [5.74, 6) is -12.5. The number of esters is 8. The van der Waals surface area contributed by atoms with Crippen molar-refractivity contribution in [3.05, 3.63) is 166 Å². The summed E-state index contributed by atoms with van der Waals surface area (Å²) in [6, 6.07) is 31.8. The van der Waals surface area contributed by atoms with Crippen LogP contribution in [-0.4, -0.2) is 262 Å². The van der Waals surface area contributed by atoms with E-state index in [0.717, 1.165) is 20.8 Å². The van der Waals surface area contributed by atoms with Gasteiger partial charge in [-0.1, -0.05) is 166 Å². The molecule has 150 heavy (non-hydrogen) atoms. The minimum absolute atomic E-state index is 0.0322. The lowest BCUT2D eigenvalue weighted by molar-refractivity contribution is -0.346. The second-order valence-electron chi connectivity index (χ2n) is 46.3. The van der Waals surface area contributed by atoms with Gasteiger partial charge in [0.2, 0.25) is 12.2 Å². The Morgan fingerprint density at radius 2 is 0.733 bits per heavy atom. The van der Waals surface area contributed by atoms with Gasteiger partial charge in [0.05, 0.1) is 59.2 Å². The summed E-state index contributed by atoms with van der Waals surface area (Å²) in [6.45, 7) is 47.8. The second kappa shape index (κ2) is 44.6. The fourth-order valence-electron chi connectivity index (χ4n) is 23.6. The van der Waals surface area contributed by atoms with Gasteiger partial charge in [-0.25, -0.2) is 48.2 Å². The van der Waals surface area contributed by atoms with Crippen molar-refractivity contribution >= 4 is 100 Å². The summed E-state index contributed by atoms with van der Waals surface area (Å²) in [6.07, 6.45) is -25.5.